The average Bonchev–Trinajstić information content (AvgIpc) is 2.16. The van der Waals surface area contributed by atoms with Gasteiger partial charge in [-0.15, -0.1) is 0 Å². The minimum Gasteiger partial charge on any atom is -0.480 e. The topological polar surface area (TPSA) is 74.7 Å². The molecule has 0 spiro atoms. The van der Waals surface area contributed by atoms with Gasteiger partial charge in [0.05, 0.1) is 0 Å². The quantitative estimate of drug-likeness (QED) is 0.640. The van der Waals surface area contributed by atoms with Crippen molar-refractivity contribution in [3.63, 3.8) is 0 Å². The minimum absolute atomic E-state index is 0.291. The number of carbonyl (C=O) groups excluding carboxylic acids is 2. The molecule has 1 rings (SSSR count). The van der Waals surface area contributed by atoms with E-state index in [-0.39, 0.29) is 5.91 Å². The summed E-state index contributed by atoms with van der Waals surface area (Å²) in [7, 11) is 0. The second kappa shape index (κ2) is 4.04. The molecule has 1 heterocycles. The van der Waals surface area contributed by atoms with Crippen LogP contribution in [0.2, 0.25) is 0 Å². The Kier molecular flexibility index (Phi) is 3.01. The molecule has 1 aliphatic heterocycles. The number of carbonyl (C=O) groups is 3. The van der Waals surface area contributed by atoms with Crippen LogP contribution in [-0.2, 0) is 14.4 Å². The van der Waals surface area contributed by atoms with Crippen molar-refractivity contribution in [2.75, 3.05) is 0 Å². The first-order valence-electron chi connectivity index (χ1n) is 4.24. The number of nitrogens with zero attached hydrogens (tertiary/aromatic N) is 1. The Balaban J connectivity index is 2.94. The molecule has 0 unspecified atom stereocenters. The van der Waals surface area contributed by atoms with E-state index in [4.69, 9.17) is 5.11 Å². The van der Waals surface area contributed by atoms with Crippen molar-refractivity contribution in [1.82, 2.24) is 4.90 Å². The molecule has 0 aromatic heterocycles. The molecule has 0 bridgehead atoms. The van der Waals surface area contributed by atoms with E-state index >= 15 is 0 Å². The van der Waals surface area contributed by atoms with Gasteiger partial charge >= 0.3 is 5.97 Å². The van der Waals surface area contributed by atoms with Crippen LogP contribution >= 0.6 is 0 Å². The highest BCUT2D eigenvalue weighted by Gasteiger charge is 2.29. The van der Waals surface area contributed by atoms with Gasteiger partial charge in [-0.2, -0.15) is 0 Å². The van der Waals surface area contributed by atoms with Crippen molar-refractivity contribution < 1.29 is 19.5 Å². The van der Waals surface area contributed by atoms with Gasteiger partial charge in [0, 0.05) is 18.7 Å². The van der Waals surface area contributed by atoms with E-state index in [0.29, 0.717) is 24.7 Å². The van der Waals surface area contributed by atoms with Crippen LogP contribution in [0, 0.1) is 0 Å². The molecule has 1 atom stereocenters. The Morgan fingerprint density at radius 2 is 2.29 bits per heavy atom. The van der Waals surface area contributed by atoms with E-state index in [2.05, 4.69) is 0 Å². The molecule has 0 radical (unpaired) electrons. The zero-order valence-electron chi connectivity index (χ0n) is 7.77. The summed E-state index contributed by atoms with van der Waals surface area (Å²) < 4.78 is 0. The second-order valence-electron chi connectivity index (χ2n) is 3.14. The zero-order valence-corrected chi connectivity index (χ0v) is 7.77. The van der Waals surface area contributed by atoms with Gasteiger partial charge in [0.2, 0.25) is 5.91 Å². The number of carboxylic acid groups (broad SMARTS) is 1. The molecule has 1 aliphatic rings. The maximum atomic E-state index is 11.1. The molecule has 76 valence electrons. The second-order valence-corrected chi connectivity index (χ2v) is 3.14. The Labute approximate surface area is 81.0 Å². The Bertz CT molecular complexity index is 308. The summed E-state index contributed by atoms with van der Waals surface area (Å²) in [5, 5.41) is 8.81. The maximum Gasteiger partial charge on any atom is 0.326 e. The Hall–Kier alpha value is -1.65. The molecule has 0 saturated heterocycles. The number of rotatable bonds is 2. The van der Waals surface area contributed by atoms with Gasteiger partial charge in [0.15, 0.2) is 0 Å². The molecule has 0 aliphatic carbocycles. The van der Waals surface area contributed by atoms with Crippen molar-refractivity contribution in [2.45, 2.75) is 25.8 Å². The molecule has 5 nitrogen and oxygen atoms in total. The van der Waals surface area contributed by atoms with Gasteiger partial charge < -0.3 is 10.0 Å². The molecular weight excluding hydrogens is 186 g/mol. The van der Waals surface area contributed by atoms with Crippen LogP contribution in [0.1, 0.15) is 19.8 Å². The van der Waals surface area contributed by atoms with E-state index < -0.39 is 12.0 Å². The maximum absolute atomic E-state index is 11.1. The average molecular weight is 197 g/mol. The summed E-state index contributed by atoms with van der Waals surface area (Å²) in [6.45, 7) is 1.28. The fourth-order valence-electron chi connectivity index (χ4n) is 1.42. The highest BCUT2D eigenvalue weighted by atomic mass is 16.4. The fraction of sp³-hybridized carbons (Fsp3) is 0.444. The lowest BCUT2D eigenvalue weighted by atomic mass is 10.0. The first-order chi connectivity index (χ1) is 6.56. The number of allylic oxidation sites excluding steroid dienone is 1. The summed E-state index contributed by atoms with van der Waals surface area (Å²) in [6, 6.07) is -0.837. The molecular formula is C9H11NO4. The molecule has 1 amide bonds. The lowest BCUT2D eigenvalue weighted by Gasteiger charge is -2.28. The molecule has 0 saturated carbocycles. The standard InChI is InChI=1S/C9H11NO4/c1-6(12)10-4-7(5-11)2-3-8(10)9(13)14/h4-5,8H,2-3H2,1H3,(H,13,14)/t8-/m0/s1. The lowest BCUT2D eigenvalue weighted by molar-refractivity contribution is -0.148. The van der Waals surface area contributed by atoms with Crippen molar-refractivity contribution >= 4 is 18.2 Å². The van der Waals surface area contributed by atoms with Gasteiger partial charge in [-0.3, -0.25) is 9.59 Å². The zero-order chi connectivity index (χ0) is 10.7. The number of hydrogen-bond donors (Lipinski definition) is 1. The summed E-state index contributed by atoms with van der Waals surface area (Å²) in [6.07, 6.45) is 2.66. The van der Waals surface area contributed by atoms with Crippen LogP contribution in [0.5, 0.6) is 0 Å². The minimum atomic E-state index is -1.04. The number of carboxylic acids is 1. The first kappa shape index (κ1) is 10.4. The number of aldehydes is 1. The van der Waals surface area contributed by atoms with E-state index in [9.17, 15) is 14.4 Å². The summed E-state index contributed by atoms with van der Waals surface area (Å²) in [5.41, 5.74) is 0.456. The monoisotopic (exact) mass is 197 g/mol. The van der Waals surface area contributed by atoms with Crippen LogP contribution in [-0.4, -0.2) is 34.2 Å². The van der Waals surface area contributed by atoms with E-state index in [1.807, 2.05) is 0 Å². The summed E-state index contributed by atoms with van der Waals surface area (Å²) in [4.78, 5) is 33.4. The third-order valence-corrected chi connectivity index (χ3v) is 2.15. The van der Waals surface area contributed by atoms with Gasteiger partial charge in [-0.05, 0) is 12.8 Å². The van der Waals surface area contributed by atoms with Gasteiger partial charge in [0.25, 0.3) is 0 Å². The third-order valence-electron chi connectivity index (χ3n) is 2.15. The van der Waals surface area contributed by atoms with Gasteiger partial charge in [0.1, 0.15) is 12.3 Å². The van der Waals surface area contributed by atoms with E-state index in [0.717, 1.165) is 4.90 Å². The largest absolute Gasteiger partial charge is 0.480 e. The van der Waals surface area contributed by atoms with Gasteiger partial charge in [-0.25, -0.2) is 4.79 Å². The van der Waals surface area contributed by atoms with E-state index in [1.54, 1.807) is 0 Å². The molecule has 14 heavy (non-hydrogen) atoms. The first-order valence-corrected chi connectivity index (χ1v) is 4.24. The highest BCUT2D eigenvalue weighted by Crippen LogP contribution is 2.19. The number of amides is 1. The Morgan fingerprint density at radius 3 is 2.71 bits per heavy atom. The molecule has 0 aromatic carbocycles. The highest BCUT2D eigenvalue weighted by molar-refractivity contribution is 5.85. The van der Waals surface area contributed by atoms with Crippen LogP contribution in [0.15, 0.2) is 11.8 Å². The molecule has 1 N–H and O–H groups in total. The Morgan fingerprint density at radius 1 is 1.64 bits per heavy atom. The fourth-order valence-corrected chi connectivity index (χ4v) is 1.42. The predicted octanol–water partition coefficient (Wildman–Crippen LogP) is 0.165. The van der Waals surface area contributed by atoms with Crippen LogP contribution in [0.3, 0.4) is 0 Å². The van der Waals surface area contributed by atoms with E-state index in [1.165, 1.54) is 13.1 Å². The lowest BCUT2D eigenvalue weighted by Crippen LogP contribution is -2.42. The van der Waals surface area contributed by atoms with Crippen LogP contribution < -0.4 is 0 Å². The van der Waals surface area contributed by atoms with Gasteiger partial charge in [-0.1, -0.05) is 0 Å². The van der Waals surface area contributed by atoms with Crippen molar-refractivity contribution in [2.24, 2.45) is 0 Å². The van der Waals surface area contributed by atoms with Crippen LogP contribution in [0.4, 0.5) is 0 Å². The SMILES string of the molecule is CC(=O)N1C=C(C=O)CC[C@H]1C(=O)O. The molecule has 0 fully saturated rings. The van der Waals surface area contributed by atoms with Crippen LogP contribution in [0.25, 0.3) is 0 Å². The molecule has 5 heteroatoms. The van der Waals surface area contributed by atoms with Crippen molar-refractivity contribution in [3.05, 3.63) is 11.8 Å². The summed E-state index contributed by atoms with van der Waals surface area (Å²) >= 11 is 0. The third kappa shape index (κ3) is 1.99. The number of aliphatic carboxylic acids is 1. The molecule has 0 aromatic rings. The summed E-state index contributed by atoms with van der Waals surface area (Å²) in [5.74, 6) is -1.40. The van der Waals surface area contributed by atoms with Crippen molar-refractivity contribution in [3.8, 4) is 0 Å². The predicted molar refractivity (Wildman–Crippen MR) is 47.3 cm³/mol. The van der Waals surface area contributed by atoms with Crippen molar-refractivity contribution in [1.29, 1.82) is 0 Å². The smallest absolute Gasteiger partial charge is 0.326 e. The number of hydrogen-bond acceptors (Lipinski definition) is 3. The normalized spacial score (nSPS) is 21.4.